The van der Waals surface area contributed by atoms with Gasteiger partial charge in [-0.3, -0.25) is 9.59 Å². The number of carbonyl (C=O) groups excluding carboxylic acids is 2. The lowest BCUT2D eigenvalue weighted by molar-refractivity contribution is -0.137. The maximum absolute atomic E-state index is 13.6. The Labute approximate surface area is 222 Å². The van der Waals surface area contributed by atoms with Crippen molar-refractivity contribution in [2.45, 2.75) is 70.1 Å². The van der Waals surface area contributed by atoms with Crippen molar-refractivity contribution in [2.75, 3.05) is 18.0 Å². The summed E-state index contributed by atoms with van der Waals surface area (Å²) in [5, 5.41) is 15.1. The lowest BCUT2D eigenvalue weighted by atomic mass is 9.84. The number of anilines is 1. The van der Waals surface area contributed by atoms with Gasteiger partial charge in [0.2, 0.25) is 5.91 Å². The molecular weight excluding hydrogens is 489 g/mol. The van der Waals surface area contributed by atoms with Crippen molar-refractivity contribution in [3.05, 3.63) is 65.5 Å². The maximum atomic E-state index is 13.6. The highest BCUT2D eigenvalue weighted by Crippen LogP contribution is 2.29. The van der Waals surface area contributed by atoms with E-state index in [1.54, 1.807) is 6.07 Å². The van der Waals surface area contributed by atoms with Crippen LogP contribution in [0.5, 0.6) is 0 Å². The number of carboxylic acid groups (broad SMARTS) is 1. The van der Waals surface area contributed by atoms with Crippen LogP contribution in [0.3, 0.4) is 0 Å². The minimum atomic E-state index is -1.03. The first-order valence-corrected chi connectivity index (χ1v) is 13.4. The molecule has 204 valence electrons. The molecule has 0 radical (unpaired) electrons. The normalized spacial score (nSPS) is 16.8. The molecule has 2 aromatic rings. The minimum absolute atomic E-state index is 0.0844. The number of halogens is 1. The van der Waals surface area contributed by atoms with Crippen LogP contribution in [0.25, 0.3) is 0 Å². The molecule has 1 aliphatic heterocycles. The first-order chi connectivity index (χ1) is 18.4. The van der Waals surface area contributed by atoms with Crippen LogP contribution in [0, 0.1) is 11.7 Å². The molecule has 0 aromatic heterocycles. The molecule has 38 heavy (non-hydrogen) atoms. The average molecular weight is 526 g/mol. The molecule has 1 heterocycles. The summed E-state index contributed by atoms with van der Waals surface area (Å²) in [4.78, 5) is 39.7. The number of benzene rings is 2. The maximum Gasteiger partial charge on any atom is 0.408 e. The van der Waals surface area contributed by atoms with E-state index in [1.165, 1.54) is 18.6 Å². The number of hydrogen-bond acceptors (Lipinski definition) is 5. The van der Waals surface area contributed by atoms with Gasteiger partial charge in [0, 0.05) is 18.8 Å². The smallest absolute Gasteiger partial charge is 0.408 e. The van der Waals surface area contributed by atoms with E-state index in [9.17, 15) is 23.9 Å². The van der Waals surface area contributed by atoms with E-state index < -0.39 is 30.1 Å². The highest BCUT2D eigenvalue weighted by molar-refractivity contribution is 5.86. The van der Waals surface area contributed by atoms with Crippen molar-refractivity contribution < 1.29 is 28.6 Å². The van der Waals surface area contributed by atoms with Gasteiger partial charge in [-0.15, -0.1) is 0 Å². The summed E-state index contributed by atoms with van der Waals surface area (Å²) >= 11 is 0. The Morgan fingerprint density at radius 3 is 2.55 bits per heavy atom. The third kappa shape index (κ3) is 7.94. The van der Waals surface area contributed by atoms with E-state index in [2.05, 4.69) is 10.6 Å². The Kier molecular flexibility index (Phi) is 9.56. The van der Waals surface area contributed by atoms with Gasteiger partial charge in [0.1, 0.15) is 18.5 Å². The summed E-state index contributed by atoms with van der Waals surface area (Å²) in [5.41, 5.74) is 2.55. The molecule has 2 aliphatic rings. The molecule has 9 heteroatoms. The van der Waals surface area contributed by atoms with Crippen molar-refractivity contribution in [2.24, 2.45) is 5.92 Å². The summed E-state index contributed by atoms with van der Waals surface area (Å²) < 4.78 is 19.0. The number of carboxylic acids is 1. The summed E-state index contributed by atoms with van der Waals surface area (Å²) in [7, 11) is 0. The molecule has 0 unspecified atom stereocenters. The van der Waals surface area contributed by atoms with Gasteiger partial charge in [-0.1, -0.05) is 62.4 Å². The summed E-state index contributed by atoms with van der Waals surface area (Å²) in [6, 6.07) is 12.3. The molecule has 1 saturated carbocycles. The van der Waals surface area contributed by atoms with Crippen molar-refractivity contribution in [3.8, 4) is 0 Å². The predicted octanol–water partition coefficient (Wildman–Crippen LogP) is 4.41. The third-order valence-electron chi connectivity index (χ3n) is 7.36. The molecule has 0 bridgehead atoms. The number of carbonyl (C=O) groups is 3. The van der Waals surface area contributed by atoms with Gasteiger partial charge >= 0.3 is 12.1 Å². The molecule has 2 amide bonds. The van der Waals surface area contributed by atoms with E-state index in [4.69, 9.17) is 4.74 Å². The van der Waals surface area contributed by atoms with Gasteiger partial charge in [-0.05, 0) is 48.1 Å². The Morgan fingerprint density at radius 2 is 1.82 bits per heavy atom. The fourth-order valence-electron chi connectivity index (χ4n) is 5.46. The van der Waals surface area contributed by atoms with Gasteiger partial charge in [0.05, 0.1) is 12.5 Å². The van der Waals surface area contributed by atoms with E-state index in [-0.39, 0.29) is 25.4 Å². The molecule has 0 spiro atoms. The Morgan fingerprint density at radius 1 is 1.05 bits per heavy atom. The van der Waals surface area contributed by atoms with Crippen LogP contribution in [0.1, 0.15) is 56.1 Å². The molecule has 2 atom stereocenters. The number of aliphatic carboxylic acids is 1. The van der Waals surface area contributed by atoms with Crippen LogP contribution in [-0.2, 0) is 27.4 Å². The fraction of sp³-hybridized carbons (Fsp3) is 0.483. The van der Waals surface area contributed by atoms with Crippen LogP contribution in [0.4, 0.5) is 14.9 Å². The number of alkyl carbamates (subject to hydrolysis) is 1. The van der Waals surface area contributed by atoms with Crippen molar-refractivity contribution in [1.82, 2.24) is 10.6 Å². The zero-order chi connectivity index (χ0) is 26.9. The quantitative estimate of drug-likeness (QED) is 0.401. The van der Waals surface area contributed by atoms with Gasteiger partial charge in [-0.25, -0.2) is 9.18 Å². The number of nitrogens with one attached hydrogen (secondary N) is 2. The monoisotopic (exact) mass is 525 g/mol. The third-order valence-corrected chi connectivity index (χ3v) is 7.36. The van der Waals surface area contributed by atoms with Crippen molar-refractivity contribution >= 4 is 23.7 Å². The van der Waals surface area contributed by atoms with Crippen LogP contribution >= 0.6 is 0 Å². The first kappa shape index (κ1) is 27.4. The van der Waals surface area contributed by atoms with Crippen molar-refractivity contribution in [3.63, 3.8) is 0 Å². The van der Waals surface area contributed by atoms with Crippen LogP contribution in [0.15, 0.2) is 48.5 Å². The average Bonchev–Trinajstić information content (AvgIpc) is 3.29. The topological polar surface area (TPSA) is 108 Å². The standard InChI is InChI=1S/C29H36FN3O5/c30-23-11-12-26-22(16-23)13-14-33(26)18-24(17-27(34)35)31-28(36)25(15-20-7-3-1-4-8-20)32-29(37)38-19-21-9-5-2-6-10-21/h2,5-6,9-12,16,20,24-25H,1,3-4,7-8,13-15,17-19H2,(H,31,36)(H,32,37)(H,34,35)/t24-,25-/m0/s1. The number of ether oxygens (including phenoxy) is 1. The van der Waals surface area contributed by atoms with Gasteiger partial charge in [-0.2, -0.15) is 0 Å². The Hall–Kier alpha value is -3.62. The van der Waals surface area contributed by atoms with Crippen molar-refractivity contribution in [1.29, 1.82) is 0 Å². The molecule has 3 N–H and O–H groups in total. The number of amides is 2. The number of nitrogens with zero attached hydrogens (tertiary/aromatic N) is 1. The lowest BCUT2D eigenvalue weighted by Crippen LogP contribution is -2.53. The summed E-state index contributed by atoms with van der Waals surface area (Å²) in [6.07, 6.45) is 5.50. The molecule has 1 aliphatic carbocycles. The Balaban J connectivity index is 1.41. The fourth-order valence-corrected chi connectivity index (χ4v) is 5.46. The number of fused-ring (bicyclic) bond motifs is 1. The summed E-state index contributed by atoms with van der Waals surface area (Å²) in [5.74, 6) is -1.46. The second-order valence-corrected chi connectivity index (χ2v) is 10.3. The second-order valence-electron chi connectivity index (χ2n) is 10.3. The molecule has 1 fully saturated rings. The summed E-state index contributed by atoms with van der Waals surface area (Å²) in [6.45, 7) is 0.965. The Bertz CT molecular complexity index is 1110. The second kappa shape index (κ2) is 13.3. The zero-order valence-corrected chi connectivity index (χ0v) is 21.5. The van der Waals surface area contributed by atoms with Crippen LogP contribution in [-0.4, -0.2) is 48.2 Å². The highest BCUT2D eigenvalue weighted by Gasteiger charge is 2.30. The van der Waals surface area contributed by atoms with E-state index in [0.29, 0.717) is 25.3 Å². The van der Waals surface area contributed by atoms with E-state index in [1.807, 2.05) is 35.2 Å². The minimum Gasteiger partial charge on any atom is -0.481 e. The van der Waals surface area contributed by atoms with Crippen LogP contribution in [0.2, 0.25) is 0 Å². The molecular formula is C29H36FN3O5. The lowest BCUT2D eigenvalue weighted by Gasteiger charge is -2.30. The molecule has 2 aromatic carbocycles. The highest BCUT2D eigenvalue weighted by atomic mass is 19.1. The number of rotatable bonds is 11. The van der Waals surface area contributed by atoms with Crippen LogP contribution < -0.4 is 15.5 Å². The molecule has 8 nitrogen and oxygen atoms in total. The number of hydrogen-bond donors (Lipinski definition) is 3. The SMILES string of the molecule is O=C(O)C[C@@H](CN1CCc2cc(F)ccc21)NC(=O)[C@H](CC1CCCCC1)NC(=O)OCc1ccccc1. The van der Waals surface area contributed by atoms with Gasteiger partial charge in [0.25, 0.3) is 0 Å². The largest absolute Gasteiger partial charge is 0.481 e. The van der Waals surface area contributed by atoms with Gasteiger partial charge in [0.15, 0.2) is 0 Å². The predicted molar refractivity (Wildman–Crippen MR) is 141 cm³/mol. The van der Waals surface area contributed by atoms with E-state index in [0.717, 1.165) is 42.5 Å². The molecule has 4 rings (SSSR count). The zero-order valence-electron chi connectivity index (χ0n) is 21.5. The van der Waals surface area contributed by atoms with E-state index >= 15 is 0 Å². The molecule has 0 saturated heterocycles. The van der Waals surface area contributed by atoms with Gasteiger partial charge < -0.3 is 25.4 Å². The first-order valence-electron chi connectivity index (χ1n) is 13.4.